The molecule has 0 aromatic heterocycles. The van der Waals surface area contributed by atoms with Crippen molar-refractivity contribution < 1.29 is 9.31 Å². The normalized spacial score (nSPS) is 19.0. The number of rotatable bonds is 3. The molecule has 1 aliphatic carbocycles. The molecule has 1 aliphatic rings. The summed E-state index contributed by atoms with van der Waals surface area (Å²) in [6.07, 6.45) is 2.39. The predicted octanol–water partition coefficient (Wildman–Crippen LogP) is 1.72. The van der Waals surface area contributed by atoms with Gasteiger partial charge in [0.1, 0.15) is 0 Å². The molecule has 0 amide bonds. The molecule has 0 heterocycles. The highest BCUT2D eigenvalue weighted by Gasteiger charge is 2.27. The van der Waals surface area contributed by atoms with Crippen LogP contribution in [0.15, 0.2) is 18.2 Å². The second-order valence-electron chi connectivity index (χ2n) is 4.16. The zero-order valence-corrected chi connectivity index (χ0v) is 9.62. The molecular weight excluding hydrogens is 187 g/mol. The molecule has 0 N–H and O–H groups in total. The molecule has 15 heavy (non-hydrogen) atoms. The summed E-state index contributed by atoms with van der Waals surface area (Å²) in [6.45, 7) is 2.28. The van der Waals surface area contributed by atoms with Gasteiger partial charge in [-0.3, -0.25) is 0 Å². The highest BCUT2D eigenvalue weighted by atomic mass is 16.6. The molecule has 0 aliphatic heterocycles. The minimum Gasteiger partial charge on any atom is -0.410 e. The van der Waals surface area contributed by atoms with E-state index in [4.69, 9.17) is 9.31 Å². The average molecular weight is 204 g/mol. The van der Waals surface area contributed by atoms with Crippen LogP contribution in [0.4, 0.5) is 0 Å². The molecule has 2 rings (SSSR count). The van der Waals surface area contributed by atoms with E-state index in [0.29, 0.717) is 5.92 Å². The third-order valence-electron chi connectivity index (χ3n) is 3.29. The van der Waals surface area contributed by atoms with Crippen molar-refractivity contribution >= 4 is 12.6 Å². The zero-order chi connectivity index (χ0) is 10.8. The van der Waals surface area contributed by atoms with Crippen molar-refractivity contribution in [2.45, 2.75) is 25.7 Å². The summed E-state index contributed by atoms with van der Waals surface area (Å²) < 4.78 is 10.6. The molecule has 0 fully saturated rings. The standard InChI is InChI=1S/C12H17BO2/c1-9-7-8-11-10(9)5-4-6-12(11)13(14-2)15-3/h4-6,9H,7-8H2,1-3H3/t9-/m0/s1. The van der Waals surface area contributed by atoms with Gasteiger partial charge in [-0.1, -0.05) is 25.1 Å². The number of fused-ring (bicyclic) bond motifs is 1. The highest BCUT2D eigenvalue weighted by molar-refractivity contribution is 6.61. The van der Waals surface area contributed by atoms with Gasteiger partial charge in [0.05, 0.1) is 0 Å². The lowest BCUT2D eigenvalue weighted by molar-refractivity contribution is 0.291. The lowest BCUT2D eigenvalue weighted by atomic mass is 9.75. The fourth-order valence-corrected chi connectivity index (χ4v) is 2.46. The Bertz CT molecular complexity index is 347. The minimum absolute atomic E-state index is 0.217. The van der Waals surface area contributed by atoms with E-state index in [1.165, 1.54) is 23.0 Å². The summed E-state index contributed by atoms with van der Waals surface area (Å²) in [5.41, 5.74) is 4.09. The van der Waals surface area contributed by atoms with Crippen LogP contribution in [0.25, 0.3) is 0 Å². The topological polar surface area (TPSA) is 18.5 Å². The lowest BCUT2D eigenvalue weighted by Crippen LogP contribution is -2.37. The first kappa shape index (κ1) is 10.7. The monoisotopic (exact) mass is 204 g/mol. The van der Waals surface area contributed by atoms with Crippen LogP contribution in [0.5, 0.6) is 0 Å². The second kappa shape index (κ2) is 4.37. The summed E-state index contributed by atoms with van der Waals surface area (Å²) in [5, 5.41) is 0. The molecule has 1 atom stereocenters. The van der Waals surface area contributed by atoms with E-state index in [9.17, 15) is 0 Å². The summed E-state index contributed by atoms with van der Waals surface area (Å²) in [4.78, 5) is 0. The van der Waals surface area contributed by atoms with Gasteiger partial charge in [0, 0.05) is 14.2 Å². The van der Waals surface area contributed by atoms with E-state index < -0.39 is 0 Å². The quantitative estimate of drug-likeness (QED) is 0.698. The van der Waals surface area contributed by atoms with Crippen LogP contribution in [0, 0.1) is 0 Å². The molecule has 0 bridgehead atoms. The van der Waals surface area contributed by atoms with Crippen molar-refractivity contribution in [1.29, 1.82) is 0 Å². The van der Waals surface area contributed by atoms with Gasteiger partial charge in [0.25, 0.3) is 0 Å². The van der Waals surface area contributed by atoms with Crippen LogP contribution in [0.1, 0.15) is 30.4 Å². The van der Waals surface area contributed by atoms with E-state index in [-0.39, 0.29) is 7.12 Å². The van der Waals surface area contributed by atoms with E-state index in [1.807, 2.05) is 0 Å². The Morgan fingerprint density at radius 3 is 2.67 bits per heavy atom. The first-order valence-electron chi connectivity index (χ1n) is 5.45. The molecule has 0 radical (unpaired) electrons. The van der Waals surface area contributed by atoms with E-state index in [1.54, 1.807) is 14.2 Å². The maximum Gasteiger partial charge on any atom is 0.493 e. The third kappa shape index (κ3) is 1.82. The van der Waals surface area contributed by atoms with Gasteiger partial charge in [-0.25, -0.2) is 0 Å². The van der Waals surface area contributed by atoms with E-state index >= 15 is 0 Å². The molecule has 3 heteroatoms. The maximum absolute atomic E-state index is 5.32. The Labute approximate surface area is 91.7 Å². The predicted molar refractivity (Wildman–Crippen MR) is 62.6 cm³/mol. The highest BCUT2D eigenvalue weighted by Crippen LogP contribution is 2.31. The molecule has 0 spiro atoms. The van der Waals surface area contributed by atoms with Crippen LogP contribution in [-0.4, -0.2) is 21.3 Å². The molecule has 80 valence electrons. The number of hydrogen-bond donors (Lipinski definition) is 0. The van der Waals surface area contributed by atoms with Crippen molar-refractivity contribution in [3.63, 3.8) is 0 Å². The average Bonchev–Trinajstić information content (AvgIpc) is 2.64. The Morgan fingerprint density at radius 1 is 1.27 bits per heavy atom. The molecule has 2 nitrogen and oxygen atoms in total. The summed E-state index contributed by atoms with van der Waals surface area (Å²) >= 11 is 0. The molecular formula is C12H17BO2. The van der Waals surface area contributed by atoms with Crippen molar-refractivity contribution in [2.75, 3.05) is 14.2 Å². The summed E-state index contributed by atoms with van der Waals surface area (Å²) in [5.74, 6) is 0.675. The molecule has 0 saturated heterocycles. The Hall–Kier alpha value is -0.795. The van der Waals surface area contributed by atoms with Crippen molar-refractivity contribution in [2.24, 2.45) is 0 Å². The Kier molecular flexibility index (Phi) is 3.12. The lowest BCUT2D eigenvalue weighted by Gasteiger charge is -2.13. The van der Waals surface area contributed by atoms with Gasteiger partial charge in [-0.2, -0.15) is 0 Å². The summed E-state index contributed by atoms with van der Waals surface area (Å²) in [6, 6.07) is 6.43. The van der Waals surface area contributed by atoms with Crippen molar-refractivity contribution in [3.8, 4) is 0 Å². The van der Waals surface area contributed by atoms with Gasteiger partial charge >= 0.3 is 7.12 Å². The third-order valence-corrected chi connectivity index (χ3v) is 3.29. The van der Waals surface area contributed by atoms with Crippen LogP contribution in [-0.2, 0) is 15.7 Å². The first-order valence-corrected chi connectivity index (χ1v) is 5.45. The van der Waals surface area contributed by atoms with Gasteiger partial charge in [0.2, 0.25) is 0 Å². The molecule has 0 saturated carbocycles. The minimum atomic E-state index is -0.217. The van der Waals surface area contributed by atoms with E-state index in [0.717, 1.165) is 6.42 Å². The second-order valence-corrected chi connectivity index (χ2v) is 4.16. The van der Waals surface area contributed by atoms with Crippen LogP contribution in [0.3, 0.4) is 0 Å². The van der Waals surface area contributed by atoms with Crippen LogP contribution < -0.4 is 5.46 Å². The number of hydrogen-bond acceptors (Lipinski definition) is 2. The van der Waals surface area contributed by atoms with Gasteiger partial charge in [-0.05, 0) is 35.3 Å². The Morgan fingerprint density at radius 2 is 2.00 bits per heavy atom. The van der Waals surface area contributed by atoms with Gasteiger partial charge < -0.3 is 9.31 Å². The van der Waals surface area contributed by atoms with Gasteiger partial charge in [-0.15, -0.1) is 0 Å². The van der Waals surface area contributed by atoms with Crippen LogP contribution >= 0.6 is 0 Å². The smallest absolute Gasteiger partial charge is 0.410 e. The first-order chi connectivity index (χ1) is 7.27. The van der Waals surface area contributed by atoms with Crippen LogP contribution in [0.2, 0.25) is 0 Å². The van der Waals surface area contributed by atoms with Crippen molar-refractivity contribution in [3.05, 3.63) is 29.3 Å². The SMILES string of the molecule is COB(OC)c1cccc2c1CC[C@@H]2C. The number of benzene rings is 1. The Balaban J connectivity index is 2.41. The maximum atomic E-state index is 5.32. The van der Waals surface area contributed by atoms with Gasteiger partial charge in [0.15, 0.2) is 0 Å². The zero-order valence-electron chi connectivity index (χ0n) is 9.62. The van der Waals surface area contributed by atoms with E-state index in [2.05, 4.69) is 25.1 Å². The largest absolute Gasteiger partial charge is 0.493 e. The fourth-order valence-electron chi connectivity index (χ4n) is 2.46. The molecule has 1 aromatic rings. The molecule has 1 aromatic carbocycles. The summed E-state index contributed by atoms with van der Waals surface area (Å²) in [7, 11) is 3.16. The molecule has 0 unspecified atom stereocenters. The van der Waals surface area contributed by atoms with Crippen molar-refractivity contribution in [1.82, 2.24) is 0 Å². The fraction of sp³-hybridized carbons (Fsp3) is 0.500.